The largest absolute Gasteiger partial charge is 0.490 e. The fourth-order valence-corrected chi connectivity index (χ4v) is 4.89. The van der Waals surface area contributed by atoms with Gasteiger partial charge in [0, 0.05) is 18.7 Å². The Hall–Kier alpha value is -2.58. The minimum Gasteiger partial charge on any atom is -0.490 e. The highest BCUT2D eigenvalue weighted by Crippen LogP contribution is 2.37. The molecule has 0 saturated carbocycles. The van der Waals surface area contributed by atoms with E-state index in [-0.39, 0.29) is 23.4 Å². The van der Waals surface area contributed by atoms with E-state index < -0.39 is 9.84 Å². The molecule has 1 fully saturated rings. The molecular weight excluding hydrogens is 404 g/mol. The third-order valence-corrected chi connectivity index (χ3v) is 6.58. The fourth-order valence-electron chi connectivity index (χ4n) is 4.05. The number of amides is 1. The van der Waals surface area contributed by atoms with Gasteiger partial charge in [-0.25, -0.2) is 8.42 Å². The van der Waals surface area contributed by atoms with E-state index in [0.717, 1.165) is 49.1 Å². The molecule has 1 saturated heterocycles. The van der Waals surface area contributed by atoms with Crippen LogP contribution in [-0.2, 0) is 14.6 Å². The molecule has 2 aliphatic heterocycles. The monoisotopic (exact) mass is 430 g/mol. The highest BCUT2D eigenvalue weighted by molar-refractivity contribution is 7.90. The van der Waals surface area contributed by atoms with Crippen molar-refractivity contribution < 1.29 is 22.7 Å². The van der Waals surface area contributed by atoms with Gasteiger partial charge in [0.1, 0.15) is 0 Å². The van der Waals surface area contributed by atoms with Gasteiger partial charge in [-0.1, -0.05) is 18.2 Å². The predicted octanol–water partition coefficient (Wildman–Crippen LogP) is 3.03. The van der Waals surface area contributed by atoms with Crippen LogP contribution in [0.3, 0.4) is 0 Å². The van der Waals surface area contributed by atoms with Crippen molar-refractivity contribution in [2.75, 3.05) is 37.9 Å². The van der Waals surface area contributed by atoms with Gasteiger partial charge in [-0.3, -0.25) is 9.69 Å². The van der Waals surface area contributed by atoms with Crippen molar-refractivity contribution in [3.8, 4) is 11.5 Å². The molecule has 160 valence electrons. The summed E-state index contributed by atoms with van der Waals surface area (Å²) in [6.07, 6.45) is 3.94. The predicted molar refractivity (Wildman–Crippen MR) is 114 cm³/mol. The Morgan fingerprint density at radius 1 is 1.10 bits per heavy atom. The molecule has 1 unspecified atom stereocenters. The van der Waals surface area contributed by atoms with Gasteiger partial charge in [0.05, 0.1) is 30.3 Å². The maximum atomic E-state index is 12.7. The molecule has 2 aliphatic rings. The van der Waals surface area contributed by atoms with Crippen LogP contribution in [0.5, 0.6) is 11.5 Å². The zero-order valence-electron chi connectivity index (χ0n) is 17.0. The minimum absolute atomic E-state index is 0.109. The van der Waals surface area contributed by atoms with Crippen molar-refractivity contribution in [1.82, 2.24) is 4.90 Å². The molecule has 0 aromatic heterocycles. The number of para-hydroxylation sites is 1. The van der Waals surface area contributed by atoms with Crippen LogP contribution in [0, 0.1) is 0 Å². The first kappa shape index (κ1) is 20.7. The van der Waals surface area contributed by atoms with Crippen LogP contribution < -0.4 is 14.8 Å². The first-order valence-corrected chi connectivity index (χ1v) is 12.0. The summed E-state index contributed by atoms with van der Waals surface area (Å²) in [5, 5.41) is 2.77. The molecule has 0 radical (unpaired) electrons. The topological polar surface area (TPSA) is 84.9 Å². The molecule has 4 rings (SSSR count). The molecule has 8 heteroatoms. The number of hydrogen-bond acceptors (Lipinski definition) is 6. The Morgan fingerprint density at radius 3 is 2.67 bits per heavy atom. The summed E-state index contributed by atoms with van der Waals surface area (Å²) in [5.41, 5.74) is 1.41. The van der Waals surface area contributed by atoms with Gasteiger partial charge in [-0.2, -0.15) is 0 Å². The summed E-state index contributed by atoms with van der Waals surface area (Å²) >= 11 is 0. The van der Waals surface area contributed by atoms with Crippen LogP contribution in [0.1, 0.15) is 30.9 Å². The van der Waals surface area contributed by atoms with Crippen molar-refractivity contribution in [3.05, 3.63) is 48.0 Å². The summed E-state index contributed by atoms with van der Waals surface area (Å²) in [5.74, 6) is 1.28. The Morgan fingerprint density at radius 2 is 1.87 bits per heavy atom. The Bertz CT molecular complexity index is 1040. The number of carbonyl (C=O) groups excluding carboxylic acids is 1. The maximum absolute atomic E-state index is 12.7. The SMILES string of the molecule is CS(=O)(=O)c1ccccc1NC(=O)CN1CCCC1c1ccc2c(c1)OCCCO2. The number of anilines is 1. The molecule has 2 heterocycles. The normalized spacial score (nSPS) is 19.3. The number of sulfone groups is 1. The molecular formula is C22H26N2O5S. The van der Waals surface area contributed by atoms with E-state index in [1.807, 2.05) is 18.2 Å². The van der Waals surface area contributed by atoms with Crippen molar-refractivity contribution in [1.29, 1.82) is 0 Å². The van der Waals surface area contributed by atoms with E-state index in [1.54, 1.807) is 18.2 Å². The highest BCUT2D eigenvalue weighted by atomic mass is 32.2. The minimum atomic E-state index is -3.43. The molecule has 2 aromatic carbocycles. The van der Waals surface area contributed by atoms with Crippen molar-refractivity contribution in [2.24, 2.45) is 0 Å². The van der Waals surface area contributed by atoms with Gasteiger partial charge in [0.25, 0.3) is 0 Å². The number of fused-ring (bicyclic) bond motifs is 1. The van der Waals surface area contributed by atoms with Crippen LogP contribution in [-0.4, -0.2) is 51.8 Å². The number of nitrogens with one attached hydrogen (secondary N) is 1. The second kappa shape index (κ2) is 8.65. The van der Waals surface area contributed by atoms with Gasteiger partial charge in [-0.05, 0) is 49.2 Å². The van der Waals surface area contributed by atoms with Gasteiger partial charge in [0.2, 0.25) is 5.91 Å². The number of hydrogen-bond donors (Lipinski definition) is 1. The van der Waals surface area contributed by atoms with Gasteiger partial charge < -0.3 is 14.8 Å². The number of benzene rings is 2. The zero-order valence-corrected chi connectivity index (χ0v) is 17.8. The zero-order chi connectivity index (χ0) is 21.1. The lowest BCUT2D eigenvalue weighted by Crippen LogP contribution is -2.33. The van der Waals surface area contributed by atoms with E-state index >= 15 is 0 Å². The van der Waals surface area contributed by atoms with Gasteiger partial charge in [-0.15, -0.1) is 0 Å². The van der Waals surface area contributed by atoms with Gasteiger partial charge >= 0.3 is 0 Å². The summed E-state index contributed by atoms with van der Waals surface area (Å²) < 4.78 is 35.5. The van der Waals surface area contributed by atoms with E-state index in [1.165, 1.54) is 6.07 Å². The molecule has 2 aromatic rings. The lowest BCUT2D eigenvalue weighted by molar-refractivity contribution is -0.117. The quantitative estimate of drug-likeness (QED) is 0.785. The highest BCUT2D eigenvalue weighted by Gasteiger charge is 2.29. The third kappa shape index (κ3) is 4.60. The summed E-state index contributed by atoms with van der Waals surface area (Å²) in [7, 11) is -3.43. The van der Waals surface area contributed by atoms with Crippen molar-refractivity contribution >= 4 is 21.4 Å². The molecule has 1 amide bonds. The van der Waals surface area contributed by atoms with Gasteiger partial charge in [0.15, 0.2) is 21.3 Å². The Labute approximate surface area is 176 Å². The average molecular weight is 431 g/mol. The first-order valence-electron chi connectivity index (χ1n) is 10.1. The second-order valence-corrected chi connectivity index (χ2v) is 9.69. The summed E-state index contributed by atoms with van der Waals surface area (Å²) in [6, 6.07) is 12.6. The summed E-state index contributed by atoms with van der Waals surface area (Å²) in [4.78, 5) is 15.0. The van der Waals surface area contributed by atoms with Crippen LogP contribution >= 0.6 is 0 Å². The summed E-state index contributed by atoms with van der Waals surface area (Å²) in [6.45, 7) is 2.28. The number of likely N-dealkylation sites (tertiary alicyclic amines) is 1. The number of ether oxygens (including phenoxy) is 2. The lowest BCUT2D eigenvalue weighted by atomic mass is 10.0. The lowest BCUT2D eigenvalue weighted by Gasteiger charge is -2.25. The molecule has 30 heavy (non-hydrogen) atoms. The van der Waals surface area contributed by atoms with Crippen LogP contribution in [0.2, 0.25) is 0 Å². The standard InChI is InChI=1S/C22H26N2O5S/c1-30(26,27)21-8-3-2-6-17(21)23-22(25)15-24-11-4-7-18(24)16-9-10-19-20(14-16)29-13-5-12-28-19/h2-3,6,8-10,14,18H,4-5,7,11-13,15H2,1H3,(H,23,25). The molecule has 0 aliphatic carbocycles. The molecule has 1 atom stereocenters. The average Bonchev–Trinajstić information content (AvgIpc) is 3.02. The fraction of sp³-hybridized carbons (Fsp3) is 0.409. The Balaban J connectivity index is 1.47. The Kier molecular flexibility index (Phi) is 5.97. The smallest absolute Gasteiger partial charge is 0.238 e. The van der Waals surface area contributed by atoms with Crippen LogP contribution in [0.15, 0.2) is 47.4 Å². The second-order valence-electron chi connectivity index (χ2n) is 7.70. The van der Waals surface area contributed by atoms with Crippen LogP contribution in [0.25, 0.3) is 0 Å². The van der Waals surface area contributed by atoms with E-state index in [0.29, 0.717) is 18.9 Å². The molecule has 1 N–H and O–H groups in total. The van der Waals surface area contributed by atoms with Crippen molar-refractivity contribution in [3.63, 3.8) is 0 Å². The number of rotatable bonds is 5. The number of carbonyl (C=O) groups is 1. The third-order valence-electron chi connectivity index (χ3n) is 5.43. The number of nitrogens with zero attached hydrogens (tertiary/aromatic N) is 1. The van der Waals surface area contributed by atoms with Crippen molar-refractivity contribution in [2.45, 2.75) is 30.2 Å². The maximum Gasteiger partial charge on any atom is 0.238 e. The van der Waals surface area contributed by atoms with E-state index in [4.69, 9.17) is 9.47 Å². The van der Waals surface area contributed by atoms with E-state index in [2.05, 4.69) is 10.2 Å². The van der Waals surface area contributed by atoms with Crippen LogP contribution in [0.4, 0.5) is 5.69 Å². The van der Waals surface area contributed by atoms with E-state index in [9.17, 15) is 13.2 Å². The first-order chi connectivity index (χ1) is 14.4. The molecule has 0 spiro atoms. The molecule has 7 nitrogen and oxygen atoms in total. The molecule has 0 bridgehead atoms.